The number of carbonyl (C=O) groups is 2. The predicted molar refractivity (Wildman–Crippen MR) is 163 cm³/mol. The van der Waals surface area contributed by atoms with Crippen LogP contribution in [-0.2, 0) is 9.59 Å². The Morgan fingerprint density at radius 3 is 1.08 bits per heavy atom. The van der Waals surface area contributed by atoms with Gasteiger partial charge in [-0.15, -0.1) is 0 Å². The molecule has 0 heterocycles. The zero-order valence-electron chi connectivity index (χ0n) is 26.4. The van der Waals surface area contributed by atoms with Crippen LogP contribution in [0.2, 0.25) is 0 Å². The Hall–Kier alpha value is -0.610. The maximum Gasteiger partial charge on any atom is 0.229 e. The lowest BCUT2D eigenvalue weighted by molar-refractivity contribution is -0.161. The van der Waals surface area contributed by atoms with Gasteiger partial charge >= 0.3 is 0 Å². The molecule has 4 nitrogen and oxygen atoms in total. The highest BCUT2D eigenvalue weighted by Crippen LogP contribution is 2.61. The van der Waals surface area contributed by atoms with Gasteiger partial charge in [-0.05, 0) is 152 Å². The molecule has 8 aliphatic rings. The summed E-state index contributed by atoms with van der Waals surface area (Å²) in [4.78, 5) is 26.8. The van der Waals surface area contributed by atoms with Crippen molar-refractivity contribution in [3.8, 4) is 0 Å². The second-order valence-corrected chi connectivity index (χ2v) is 16.4. The first-order valence-electron chi connectivity index (χ1n) is 16.5. The first-order chi connectivity index (χ1) is 18.2. The molecule has 224 valence electrons. The number of hydrogen-bond donors (Lipinski definition) is 1. The quantitative estimate of drug-likeness (QED) is 0.332. The normalized spacial score (nSPS) is 39.1. The van der Waals surface area contributed by atoms with Crippen LogP contribution < -0.4 is 5.32 Å². The number of amides is 1. The van der Waals surface area contributed by atoms with Crippen LogP contribution in [-0.4, -0.2) is 40.2 Å². The SMILES string of the molecule is CC(C)N(C(=O)C12CC3CC(CC(C3)C1)C2)C(C)C.CC(C)NC(C)C.O=C(Cl)C12CC3CC(CC(C3)C1)C2. The Balaban J connectivity index is 0.000000152. The van der Waals surface area contributed by atoms with Crippen molar-refractivity contribution in [3.63, 3.8) is 0 Å². The second kappa shape index (κ2) is 12.3. The highest BCUT2D eigenvalue weighted by molar-refractivity contribution is 6.64. The number of nitrogens with zero attached hydrogens (tertiary/aromatic N) is 1. The van der Waals surface area contributed by atoms with E-state index in [0.29, 0.717) is 30.1 Å². The van der Waals surface area contributed by atoms with Crippen LogP contribution >= 0.6 is 11.6 Å². The summed E-state index contributed by atoms with van der Waals surface area (Å²) in [6.07, 6.45) is 15.2. The Kier molecular flexibility index (Phi) is 9.90. The Labute approximate surface area is 245 Å². The summed E-state index contributed by atoms with van der Waals surface area (Å²) < 4.78 is 0. The van der Waals surface area contributed by atoms with E-state index < -0.39 is 0 Å². The molecule has 0 radical (unpaired) electrons. The summed E-state index contributed by atoms with van der Waals surface area (Å²) in [5.41, 5.74) is -0.0421. The molecule has 0 unspecified atom stereocenters. The van der Waals surface area contributed by atoms with Crippen molar-refractivity contribution in [1.82, 2.24) is 10.2 Å². The van der Waals surface area contributed by atoms with Gasteiger partial charge in [-0.3, -0.25) is 9.59 Å². The fourth-order valence-corrected chi connectivity index (χ4v) is 11.0. The summed E-state index contributed by atoms with van der Waals surface area (Å²) in [7, 11) is 0. The standard InChI is InChI=1S/C17H29NO.C11H15ClO.C6H15N/c1-11(2)18(12(3)4)16(19)17-8-13-5-14(9-17)7-15(6-13)10-17;12-10(13)11-4-7-1-8(5-11)3-9(2-7)6-11;1-5(2)7-6(3)4/h11-15H,5-10H2,1-4H3;7-9H,1-6H2;5-7H,1-4H3. The molecule has 0 aromatic carbocycles. The van der Waals surface area contributed by atoms with Crippen LogP contribution in [0.25, 0.3) is 0 Å². The minimum absolute atomic E-state index is 0.0310. The van der Waals surface area contributed by atoms with Gasteiger partial charge in [0.25, 0.3) is 0 Å². The molecule has 8 aliphatic carbocycles. The molecule has 1 N–H and O–H groups in total. The summed E-state index contributed by atoms with van der Waals surface area (Å²) in [5.74, 6) is 5.54. The summed E-state index contributed by atoms with van der Waals surface area (Å²) in [5, 5.41) is 3.27. The van der Waals surface area contributed by atoms with Crippen molar-refractivity contribution in [1.29, 1.82) is 0 Å². The van der Waals surface area contributed by atoms with E-state index in [1.165, 1.54) is 57.8 Å². The molecule has 39 heavy (non-hydrogen) atoms. The molecule has 8 bridgehead atoms. The molecule has 8 rings (SSSR count). The van der Waals surface area contributed by atoms with Crippen molar-refractivity contribution in [2.75, 3.05) is 0 Å². The lowest BCUT2D eigenvalue weighted by Crippen LogP contribution is -2.57. The lowest BCUT2D eigenvalue weighted by Gasteiger charge is -2.57. The van der Waals surface area contributed by atoms with Gasteiger partial charge in [0.15, 0.2) is 0 Å². The van der Waals surface area contributed by atoms with E-state index >= 15 is 0 Å². The molecular weight excluding hydrogens is 504 g/mol. The maximum absolute atomic E-state index is 13.2. The maximum atomic E-state index is 13.2. The van der Waals surface area contributed by atoms with Gasteiger partial charge in [-0.1, -0.05) is 27.7 Å². The van der Waals surface area contributed by atoms with Gasteiger partial charge in [0, 0.05) is 29.6 Å². The zero-order valence-corrected chi connectivity index (χ0v) is 27.2. The summed E-state index contributed by atoms with van der Waals surface area (Å²) in [6, 6.07) is 1.92. The zero-order chi connectivity index (χ0) is 28.7. The monoisotopic (exact) mass is 562 g/mol. The van der Waals surface area contributed by atoms with Crippen LogP contribution in [0.5, 0.6) is 0 Å². The molecule has 5 heteroatoms. The highest BCUT2D eigenvalue weighted by Gasteiger charge is 2.56. The van der Waals surface area contributed by atoms with E-state index in [-0.39, 0.29) is 16.1 Å². The Morgan fingerprint density at radius 1 is 0.590 bits per heavy atom. The molecule has 8 fully saturated rings. The summed E-state index contributed by atoms with van der Waals surface area (Å²) >= 11 is 5.76. The van der Waals surface area contributed by atoms with Crippen molar-refractivity contribution >= 4 is 22.8 Å². The average molecular weight is 563 g/mol. The molecule has 0 aliphatic heterocycles. The third kappa shape index (κ3) is 7.07. The van der Waals surface area contributed by atoms with Gasteiger partial charge in [-0.25, -0.2) is 0 Å². The van der Waals surface area contributed by atoms with Crippen LogP contribution in [0.15, 0.2) is 0 Å². The van der Waals surface area contributed by atoms with Gasteiger partial charge in [0.1, 0.15) is 0 Å². The number of hydrogen-bond acceptors (Lipinski definition) is 3. The number of carbonyl (C=O) groups excluding carboxylic acids is 2. The molecule has 8 saturated carbocycles. The van der Waals surface area contributed by atoms with Gasteiger partial charge in [0.2, 0.25) is 11.1 Å². The first-order valence-corrected chi connectivity index (χ1v) is 16.9. The van der Waals surface area contributed by atoms with Crippen LogP contribution in [0, 0.1) is 46.3 Å². The average Bonchev–Trinajstić information content (AvgIpc) is 2.76. The molecule has 0 atom stereocenters. The molecule has 0 saturated heterocycles. The van der Waals surface area contributed by atoms with Gasteiger partial charge in [-0.2, -0.15) is 0 Å². The molecule has 0 aromatic rings. The van der Waals surface area contributed by atoms with E-state index in [1.54, 1.807) is 0 Å². The predicted octanol–water partition coefficient (Wildman–Crippen LogP) is 8.21. The molecule has 0 spiro atoms. The molecule has 1 amide bonds. The van der Waals surface area contributed by atoms with Crippen molar-refractivity contribution in [2.45, 2.75) is 157 Å². The third-order valence-corrected chi connectivity index (χ3v) is 11.4. The molecular formula is C34H59ClN2O2. The van der Waals surface area contributed by atoms with Crippen LogP contribution in [0.3, 0.4) is 0 Å². The third-order valence-electron chi connectivity index (χ3n) is 11.0. The topological polar surface area (TPSA) is 49.4 Å². The fraction of sp³-hybridized carbons (Fsp3) is 0.941. The van der Waals surface area contributed by atoms with E-state index in [0.717, 1.165) is 54.8 Å². The number of halogens is 1. The van der Waals surface area contributed by atoms with Crippen LogP contribution in [0.1, 0.15) is 132 Å². The first kappa shape index (κ1) is 31.3. The lowest BCUT2D eigenvalue weighted by atomic mass is 9.49. The van der Waals surface area contributed by atoms with Crippen molar-refractivity contribution in [2.24, 2.45) is 46.3 Å². The van der Waals surface area contributed by atoms with Gasteiger partial charge in [0.05, 0.1) is 5.41 Å². The van der Waals surface area contributed by atoms with E-state index in [4.69, 9.17) is 11.6 Å². The number of nitrogens with one attached hydrogen (secondary N) is 1. The van der Waals surface area contributed by atoms with Crippen LogP contribution in [0.4, 0.5) is 0 Å². The minimum atomic E-state index is -0.0731. The van der Waals surface area contributed by atoms with Gasteiger partial charge < -0.3 is 10.2 Å². The highest BCUT2D eigenvalue weighted by atomic mass is 35.5. The van der Waals surface area contributed by atoms with Crippen molar-refractivity contribution < 1.29 is 9.59 Å². The Morgan fingerprint density at radius 2 is 0.872 bits per heavy atom. The minimum Gasteiger partial charge on any atom is -0.337 e. The molecule has 0 aromatic heterocycles. The van der Waals surface area contributed by atoms with E-state index in [9.17, 15) is 9.59 Å². The smallest absolute Gasteiger partial charge is 0.229 e. The second-order valence-electron chi connectivity index (χ2n) is 16.0. The van der Waals surface area contributed by atoms with Crippen molar-refractivity contribution in [3.05, 3.63) is 0 Å². The fourth-order valence-electron chi connectivity index (χ4n) is 10.7. The summed E-state index contributed by atoms with van der Waals surface area (Å²) in [6.45, 7) is 17.3. The largest absolute Gasteiger partial charge is 0.337 e. The van der Waals surface area contributed by atoms with E-state index in [1.807, 2.05) is 0 Å². The number of rotatable bonds is 6. The Bertz CT molecular complexity index is 779. The van der Waals surface area contributed by atoms with E-state index in [2.05, 4.69) is 65.6 Å².